The van der Waals surface area contributed by atoms with E-state index in [1.165, 1.54) is 29.8 Å². The second kappa shape index (κ2) is 6.11. The Bertz CT molecular complexity index is 641. The Morgan fingerprint density at radius 1 is 1.40 bits per heavy atom. The fourth-order valence-electron chi connectivity index (χ4n) is 1.46. The Labute approximate surface area is 118 Å². The van der Waals surface area contributed by atoms with Gasteiger partial charge in [0.05, 0.1) is 34.7 Å². The summed E-state index contributed by atoms with van der Waals surface area (Å²) in [6.07, 6.45) is 2.59. The number of carboxylic acids is 1. The molecule has 0 aliphatic heterocycles. The number of aromatic carboxylic acids is 1. The van der Waals surface area contributed by atoms with Crippen LogP contribution >= 0.6 is 11.3 Å². The Balaban J connectivity index is 1.91. The number of anilines is 1. The van der Waals surface area contributed by atoms with Crippen LogP contribution in [0.4, 0.5) is 10.5 Å². The van der Waals surface area contributed by atoms with Gasteiger partial charge in [0.25, 0.3) is 0 Å². The van der Waals surface area contributed by atoms with Crippen molar-refractivity contribution in [2.45, 2.75) is 13.5 Å². The van der Waals surface area contributed by atoms with E-state index < -0.39 is 12.0 Å². The third kappa shape index (κ3) is 3.75. The number of aromatic nitrogens is 2. The molecule has 0 aliphatic rings. The van der Waals surface area contributed by atoms with Crippen molar-refractivity contribution in [2.24, 2.45) is 0 Å². The first-order valence-electron chi connectivity index (χ1n) is 5.69. The largest absolute Gasteiger partial charge is 0.478 e. The van der Waals surface area contributed by atoms with Crippen LogP contribution in [0.5, 0.6) is 0 Å². The number of carboxylic acid groups (broad SMARTS) is 1. The third-order valence-corrected chi connectivity index (χ3v) is 3.16. The molecule has 104 valence electrons. The number of urea groups is 1. The zero-order valence-corrected chi connectivity index (χ0v) is 11.4. The lowest BCUT2D eigenvalue weighted by Gasteiger charge is -2.06. The van der Waals surface area contributed by atoms with Gasteiger partial charge in [-0.3, -0.25) is 4.98 Å². The molecule has 2 aromatic rings. The van der Waals surface area contributed by atoms with Crippen molar-refractivity contribution in [3.63, 3.8) is 0 Å². The van der Waals surface area contributed by atoms with E-state index in [2.05, 4.69) is 20.6 Å². The minimum absolute atomic E-state index is 0.0120. The summed E-state index contributed by atoms with van der Waals surface area (Å²) in [7, 11) is 0. The average molecular weight is 292 g/mol. The van der Waals surface area contributed by atoms with E-state index in [-0.39, 0.29) is 5.56 Å². The highest BCUT2D eigenvalue weighted by Gasteiger charge is 2.07. The molecule has 2 heterocycles. The van der Waals surface area contributed by atoms with Gasteiger partial charge in [-0.1, -0.05) is 0 Å². The Morgan fingerprint density at radius 2 is 2.20 bits per heavy atom. The molecule has 7 nitrogen and oxygen atoms in total. The highest BCUT2D eigenvalue weighted by Crippen LogP contribution is 2.09. The van der Waals surface area contributed by atoms with Gasteiger partial charge >= 0.3 is 12.0 Å². The molecule has 0 atom stereocenters. The molecular formula is C12H12N4O3S. The molecular weight excluding hydrogens is 280 g/mol. The lowest BCUT2D eigenvalue weighted by molar-refractivity contribution is 0.0696. The topological polar surface area (TPSA) is 104 Å². The summed E-state index contributed by atoms with van der Waals surface area (Å²) in [5, 5.41) is 16.8. The maximum absolute atomic E-state index is 11.7. The number of nitrogens with one attached hydrogen (secondary N) is 2. The molecule has 0 bridgehead atoms. The van der Waals surface area contributed by atoms with E-state index in [0.29, 0.717) is 12.2 Å². The molecule has 0 saturated carbocycles. The zero-order valence-electron chi connectivity index (χ0n) is 10.6. The number of rotatable bonds is 4. The van der Waals surface area contributed by atoms with Gasteiger partial charge in [-0.2, -0.15) is 0 Å². The SMILES string of the molecule is Cc1nc(CNC(=O)Nc2cncc(C(=O)O)c2)cs1. The molecule has 20 heavy (non-hydrogen) atoms. The fraction of sp³-hybridized carbons (Fsp3) is 0.167. The van der Waals surface area contributed by atoms with Crippen LogP contribution in [0.1, 0.15) is 21.1 Å². The number of nitrogens with zero attached hydrogens (tertiary/aromatic N) is 2. The van der Waals surface area contributed by atoms with Crippen LogP contribution in [-0.4, -0.2) is 27.1 Å². The summed E-state index contributed by atoms with van der Waals surface area (Å²) in [6, 6.07) is 0.891. The van der Waals surface area contributed by atoms with Crippen LogP contribution in [0.3, 0.4) is 0 Å². The summed E-state index contributed by atoms with van der Waals surface area (Å²) < 4.78 is 0. The van der Waals surface area contributed by atoms with E-state index in [4.69, 9.17) is 5.11 Å². The minimum atomic E-state index is -1.10. The highest BCUT2D eigenvalue weighted by molar-refractivity contribution is 7.09. The first-order chi connectivity index (χ1) is 9.54. The third-order valence-electron chi connectivity index (χ3n) is 2.34. The molecule has 0 spiro atoms. The molecule has 2 amide bonds. The summed E-state index contributed by atoms with van der Waals surface area (Å²) >= 11 is 1.51. The van der Waals surface area contributed by atoms with Crippen LogP contribution in [0.2, 0.25) is 0 Å². The lowest BCUT2D eigenvalue weighted by Crippen LogP contribution is -2.28. The molecule has 0 aromatic carbocycles. The maximum atomic E-state index is 11.7. The van der Waals surface area contributed by atoms with Gasteiger partial charge in [-0.25, -0.2) is 14.6 Å². The number of amides is 2. The first-order valence-corrected chi connectivity index (χ1v) is 6.57. The van der Waals surface area contributed by atoms with Crippen molar-refractivity contribution in [3.05, 3.63) is 40.1 Å². The van der Waals surface area contributed by atoms with Crippen molar-refractivity contribution < 1.29 is 14.7 Å². The fourth-order valence-corrected chi connectivity index (χ4v) is 2.07. The molecule has 0 fully saturated rings. The van der Waals surface area contributed by atoms with E-state index in [1.54, 1.807) is 0 Å². The number of pyridine rings is 1. The standard InChI is InChI=1S/C12H12N4O3S/c1-7-15-10(6-20-7)5-14-12(19)16-9-2-8(11(17)18)3-13-4-9/h2-4,6H,5H2,1H3,(H,17,18)(H2,14,16,19). The van der Waals surface area contributed by atoms with Crippen LogP contribution in [0.15, 0.2) is 23.8 Å². The number of hydrogen-bond donors (Lipinski definition) is 3. The average Bonchev–Trinajstić information content (AvgIpc) is 2.82. The van der Waals surface area contributed by atoms with Gasteiger partial charge in [0, 0.05) is 11.6 Å². The number of aryl methyl sites for hydroxylation is 1. The summed E-state index contributed by atoms with van der Waals surface area (Å²) in [4.78, 5) is 30.4. The van der Waals surface area contributed by atoms with Gasteiger partial charge in [-0.05, 0) is 13.0 Å². The predicted octanol–water partition coefficient (Wildman–Crippen LogP) is 1.87. The molecule has 0 radical (unpaired) electrons. The minimum Gasteiger partial charge on any atom is -0.478 e. The van der Waals surface area contributed by atoms with E-state index in [0.717, 1.165) is 10.7 Å². The van der Waals surface area contributed by atoms with Gasteiger partial charge in [0.15, 0.2) is 0 Å². The van der Waals surface area contributed by atoms with Gasteiger partial charge in [0.1, 0.15) is 0 Å². The zero-order chi connectivity index (χ0) is 14.5. The molecule has 0 saturated heterocycles. The molecule has 0 unspecified atom stereocenters. The monoisotopic (exact) mass is 292 g/mol. The molecule has 3 N–H and O–H groups in total. The summed E-state index contributed by atoms with van der Waals surface area (Å²) in [6.45, 7) is 2.19. The Kier molecular flexibility index (Phi) is 4.26. The van der Waals surface area contributed by atoms with E-state index in [1.807, 2.05) is 12.3 Å². The van der Waals surface area contributed by atoms with Gasteiger partial charge in [0.2, 0.25) is 0 Å². The lowest BCUT2D eigenvalue weighted by atomic mass is 10.3. The first kappa shape index (κ1) is 13.9. The molecule has 2 aromatic heterocycles. The molecule has 8 heteroatoms. The van der Waals surface area contributed by atoms with Crippen molar-refractivity contribution >= 4 is 29.0 Å². The Hall–Kier alpha value is -2.48. The highest BCUT2D eigenvalue weighted by atomic mass is 32.1. The van der Waals surface area contributed by atoms with Crippen LogP contribution < -0.4 is 10.6 Å². The quantitative estimate of drug-likeness (QED) is 0.798. The number of carbonyl (C=O) groups excluding carboxylic acids is 1. The normalized spacial score (nSPS) is 10.1. The smallest absolute Gasteiger partial charge is 0.337 e. The number of carbonyl (C=O) groups is 2. The van der Waals surface area contributed by atoms with Crippen molar-refractivity contribution in [1.82, 2.24) is 15.3 Å². The van der Waals surface area contributed by atoms with E-state index in [9.17, 15) is 9.59 Å². The van der Waals surface area contributed by atoms with Crippen molar-refractivity contribution in [3.8, 4) is 0 Å². The van der Waals surface area contributed by atoms with E-state index >= 15 is 0 Å². The van der Waals surface area contributed by atoms with Crippen LogP contribution in [-0.2, 0) is 6.54 Å². The summed E-state index contributed by atoms with van der Waals surface area (Å²) in [5.41, 5.74) is 1.11. The summed E-state index contributed by atoms with van der Waals surface area (Å²) in [5.74, 6) is -1.10. The van der Waals surface area contributed by atoms with Gasteiger partial charge < -0.3 is 15.7 Å². The predicted molar refractivity (Wildman–Crippen MR) is 73.9 cm³/mol. The Morgan fingerprint density at radius 3 is 2.85 bits per heavy atom. The van der Waals surface area contributed by atoms with Gasteiger partial charge in [-0.15, -0.1) is 11.3 Å². The molecule has 2 rings (SSSR count). The second-order valence-electron chi connectivity index (χ2n) is 3.93. The number of hydrogen-bond acceptors (Lipinski definition) is 5. The molecule has 0 aliphatic carbocycles. The maximum Gasteiger partial charge on any atom is 0.337 e. The second-order valence-corrected chi connectivity index (χ2v) is 5.00. The number of thiazole rings is 1. The van der Waals surface area contributed by atoms with Crippen molar-refractivity contribution in [2.75, 3.05) is 5.32 Å². The van der Waals surface area contributed by atoms with Crippen LogP contribution in [0.25, 0.3) is 0 Å². The van der Waals surface area contributed by atoms with Crippen molar-refractivity contribution in [1.29, 1.82) is 0 Å². The van der Waals surface area contributed by atoms with Crippen LogP contribution in [0, 0.1) is 6.92 Å².